The number of halogens is 1. The minimum Gasteiger partial charge on any atom is -0.496 e. The monoisotopic (exact) mass is 544 g/mol. The summed E-state index contributed by atoms with van der Waals surface area (Å²) in [6.45, 7) is 5.95. The molecule has 1 N–H and O–H groups in total. The maximum atomic E-state index is 13.5. The van der Waals surface area contributed by atoms with E-state index in [1.807, 2.05) is 60.0 Å². The van der Waals surface area contributed by atoms with Crippen LogP contribution in [0.5, 0.6) is 5.75 Å². The van der Waals surface area contributed by atoms with E-state index in [4.69, 9.17) is 4.74 Å². The van der Waals surface area contributed by atoms with E-state index < -0.39 is 11.5 Å². The van der Waals surface area contributed by atoms with Crippen LogP contribution < -0.4 is 4.74 Å². The molecule has 0 aromatic heterocycles. The maximum absolute atomic E-state index is 13.5. The molecule has 0 saturated carbocycles. The normalized spacial score (nSPS) is 18.6. The van der Waals surface area contributed by atoms with Gasteiger partial charge >= 0.3 is 0 Å². The molecule has 6 nitrogen and oxygen atoms in total. The third-order valence-electron chi connectivity index (χ3n) is 8.65. The van der Waals surface area contributed by atoms with Crippen LogP contribution in [0.4, 0.5) is 4.39 Å². The predicted octanol–water partition coefficient (Wildman–Crippen LogP) is 5.17. The van der Waals surface area contributed by atoms with Gasteiger partial charge in [-0.3, -0.25) is 9.59 Å². The Hall–Kier alpha value is -3.71. The van der Waals surface area contributed by atoms with E-state index in [1.54, 1.807) is 19.2 Å². The van der Waals surface area contributed by atoms with E-state index in [-0.39, 0.29) is 17.6 Å². The molecule has 0 aliphatic carbocycles. The Balaban J connectivity index is 1.22. The minimum absolute atomic E-state index is 0.0226. The second-order valence-electron chi connectivity index (χ2n) is 11.3. The average Bonchev–Trinajstić information content (AvgIpc) is 2.96. The summed E-state index contributed by atoms with van der Waals surface area (Å²) in [6.07, 6.45) is 1.99. The molecule has 2 aliphatic rings. The molecule has 1 unspecified atom stereocenters. The third-order valence-corrected chi connectivity index (χ3v) is 8.65. The summed E-state index contributed by atoms with van der Waals surface area (Å²) in [7, 11) is 1.63. The largest absolute Gasteiger partial charge is 0.496 e. The van der Waals surface area contributed by atoms with Gasteiger partial charge in [-0.25, -0.2) is 4.39 Å². The number of likely N-dealkylation sites (tertiary alicyclic amines) is 2. The van der Waals surface area contributed by atoms with Crippen molar-refractivity contribution in [2.45, 2.75) is 45.6 Å². The van der Waals surface area contributed by atoms with Crippen molar-refractivity contribution in [3.63, 3.8) is 0 Å². The Labute approximate surface area is 235 Å². The maximum Gasteiger partial charge on any atom is 0.253 e. The second kappa shape index (κ2) is 11.4. The van der Waals surface area contributed by atoms with Gasteiger partial charge in [-0.15, -0.1) is 0 Å². The first-order valence-corrected chi connectivity index (χ1v) is 13.9. The van der Waals surface area contributed by atoms with E-state index in [1.165, 1.54) is 12.1 Å². The summed E-state index contributed by atoms with van der Waals surface area (Å²) in [5, 5.41) is 11.0. The van der Waals surface area contributed by atoms with Crippen molar-refractivity contribution >= 4 is 11.8 Å². The number of carbonyl (C=O) groups is 2. The molecule has 2 aliphatic heterocycles. The van der Waals surface area contributed by atoms with Gasteiger partial charge in [0, 0.05) is 42.7 Å². The zero-order valence-electron chi connectivity index (χ0n) is 23.5. The summed E-state index contributed by atoms with van der Waals surface area (Å²) in [4.78, 5) is 30.5. The van der Waals surface area contributed by atoms with Gasteiger partial charge in [0.2, 0.25) is 0 Å². The van der Waals surface area contributed by atoms with Crippen molar-refractivity contribution in [1.82, 2.24) is 9.80 Å². The SMILES string of the molecule is COc1c(C)cc(C(=O)N2CCC(O)C3(CCN(C(=O)c4ccc(Cc5ccc(F)cc5)cc4)CC3)C2)cc1C. The molecule has 1 atom stereocenters. The average molecular weight is 545 g/mol. The molecule has 2 fully saturated rings. The van der Waals surface area contributed by atoms with E-state index in [2.05, 4.69) is 0 Å². The number of aliphatic hydroxyl groups is 1. The standard InChI is InChI=1S/C33H37FN2O4/c1-22-18-27(19-23(2)30(22)40-3)32(39)36-15-12-29(37)33(21-36)13-16-35(17-14-33)31(38)26-8-4-24(5-9-26)20-25-6-10-28(34)11-7-25/h4-11,18-19,29,37H,12-17,20-21H2,1-3H3. The number of aliphatic hydroxyl groups excluding tert-OH is 1. The number of hydrogen-bond acceptors (Lipinski definition) is 4. The lowest BCUT2D eigenvalue weighted by Crippen LogP contribution is -2.58. The van der Waals surface area contributed by atoms with Crippen LogP contribution in [0.3, 0.4) is 0 Å². The van der Waals surface area contributed by atoms with Crippen molar-refractivity contribution in [2.24, 2.45) is 5.41 Å². The molecule has 5 rings (SSSR count). The van der Waals surface area contributed by atoms with Gasteiger partial charge < -0.3 is 19.6 Å². The number of nitrogens with zero attached hydrogens (tertiary/aromatic N) is 2. The highest BCUT2D eigenvalue weighted by Gasteiger charge is 2.46. The van der Waals surface area contributed by atoms with Crippen LogP contribution in [-0.2, 0) is 6.42 Å². The number of benzene rings is 3. The number of ether oxygens (including phenoxy) is 1. The van der Waals surface area contributed by atoms with Crippen molar-refractivity contribution in [1.29, 1.82) is 0 Å². The van der Waals surface area contributed by atoms with Crippen LogP contribution >= 0.6 is 0 Å². The Morgan fingerprint density at radius 1 is 0.875 bits per heavy atom. The van der Waals surface area contributed by atoms with Crippen LogP contribution in [0, 0.1) is 25.1 Å². The summed E-state index contributed by atoms with van der Waals surface area (Å²) in [6, 6.07) is 17.8. The van der Waals surface area contributed by atoms with E-state index in [0.29, 0.717) is 63.0 Å². The molecule has 2 amide bonds. The number of hydrogen-bond donors (Lipinski definition) is 1. The molecule has 2 saturated heterocycles. The second-order valence-corrected chi connectivity index (χ2v) is 11.3. The van der Waals surface area contributed by atoms with Crippen molar-refractivity contribution in [2.75, 3.05) is 33.3 Å². The topological polar surface area (TPSA) is 70.1 Å². The van der Waals surface area contributed by atoms with Crippen LogP contribution in [0.2, 0.25) is 0 Å². The Morgan fingerprint density at radius 3 is 2.00 bits per heavy atom. The van der Waals surface area contributed by atoms with Gasteiger partial charge in [0.1, 0.15) is 11.6 Å². The van der Waals surface area contributed by atoms with Crippen molar-refractivity contribution in [3.05, 3.63) is 99.9 Å². The summed E-state index contributed by atoms with van der Waals surface area (Å²) < 4.78 is 18.6. The molecule has 3 aromatic rings. The van der Waals surface area contributed by atoms with Gasteiger partial charge in [0.25, 0.3) is 11.8 Å². The highest BCUT2D eigenvalue weighted by Crippen LogP contribution is 2.41. The first kappa shape index (κ1) is 27.8. The lowest BCUT2D eigenvalue weighted by atomic mass is 9.70. The number of methoxy groups -OCH3 is 1. The number of piperidine rings is 2. The molecule has 1 spiro atoms. The zero-order chi connectivity index (χ0) is 28.4. The molecular formula is C33H37FN2O4. The highest BCUT2D eigenvalue weighted by molar-refractivity contribution is 5.95. The highest BCUT2D eigenvalue weighted by atomic mass is 19.1. The molecule has 210 valence electrons. The molecule has 0 bridgehead atoms. The minimum atomic E-state index is -0.501. The zero-order valence-corrected chi connectivity index (χ0v) is 23.5. The molecule has 2 heterocycles. The van der Waals surface area contributed by atoms with Gasteiger partial charge in [-0.05, 0) is 98.2 Å². The molecule has 3 aromatic carbocycles. The number of carbonyl (C=O) groups excluding carboxylic acids is 2. The molecule has 40 heavy (non-hydrogen) atoms. The Bertz CT molecular complexity index is 1360. The Morgan fingerprint density at radius 2 is 1.43 bits per heavy atom. The van der Waals surface area contributed by atoms with E-state index >= 15 is 0 Å². The van der Waals surface area contributed by atoms with E-state index in [9.17, 15) is 19.1 Å². The number of amides is 2. The quantitative estimate of drug-likeness (QED) is 0.481. The van der Waals surface area contributed by atoms with Crippen molar-refractivity contribution < 1.29 is 23.8 Å². The Kier molecular flexibility index (Phi) is 7.95. The van der Waals surface area contributed by atoms with Crippen LogP contribution in [-0.4, -0.2) is 66.1 Å². The summed E-state index contributed by atoms with van der Waals surface area (Å²) in [5.74, 6) is 0.488. The predicted molar refractivity (Wildman–Crippen MR) is 152 cm³/mol. The summed E-state index contributed by atoms with van der Waals surface area (Å²) >= 11 is 0. The number of aryl methyl sites for hydroxylation is 2. The van der Waals surface area contributed by atoms with Gasteiger partial charge in [-0.1, -0.05) is 24.3 Å². The third kappa shape index (κ3) is 5.61. The first-order chi connectivity index (χ1) is 19.2. The van der Waals surface area contributed by atoms with Gasteiger partial charge in [0.05, 0.1) is 13.2 Å². The lowest BCUT2D eigenvalue weighted by Gasteiger charge is -2.50. The lowest BCUT2D eigenvalue weighted by molar-refractivity contribution is -0.0676. The summed E-state index contributed by atoms with van der Waals surface area (Å²) in [5.41, 5.74) is 4.76. The number of rotatable bonds is 5. The molecular weight excluding hydrogens is 507 g/mol. The fraction of sp³-hybridized carbons (Fsp3) is 0.394. The van der Waals surface area contributed by atoms with Gasteiger partial charge in [0.15, 0.2) is 0 Å². The van der Waals surface area contributed by atoms with Crippen LogP contribution in [0.15, 0.2) is 60.7 Å². The molecule has 0 radical (unpaired) electrons. The van der Waals surface area contributed by atoms with Crippen LogP contribution in [0.25, 0.3) is 0 Å². The fourth-order valence-corrected chi connectivity index (χ4v) is 6.33. The first-order valence-electron chi connectivity index (χ1n) is 13.9. The smallest absolute Gasteiger partial charge is 0.253 e. The van der Waals surface area contributed by atoms with Gasteiger partial charge in [-0.2, -0.15) is 0 Å². The molecule has 7 heteroatoms. The van der Waals surface area contributed by atoms with E-state index in [0.717, 1.165) is 28.0 Å². The van der Waals surface area contributed by atoms with Crippen molar-refractivity contribution in [3.8, 4) is 5.75 Å². The fourth-order valence-electron chi connectivity index (χ4n) is 6.33. The van der Waals surface area contributed by atoms with Crippen LogP contribution in [0.1, 0.15) is 62.2 Å².